The van der Waals surface area contributed by atoms with Crippen LogP contribution in [0, 0.1) is 6.92 Å². The van der Waals surface area contributed by atoms with Crippen molar-refractivity contribution in [3.63, 3.8) is 0 Å². The molecule has 0 spiro atoms. The number of halogens is 1. The Morgan fingerprint density at radius 2 is 1.55 bits per heavy atom. The second kappa shape index (κ2) is 8.91. The van der Waals surface area contributed by atoms with Crippen LogP contribution in [-0.4, -0.2) is 11.1 Å². The third-order valence-electron chi connectivity index (χ3n) is 4.14. The van der Waals surface area contributed by atoms with E-state index in [9.17, 15) is 4.79 Å². The fraction of sp³-hybridized carbons (Fsp3) is 0.0435. The first-order valence-electron chi connectivity index (χ1n) is 8.95. The Kier molecular flexibility index (Phi) is 6.09. The Morgan fingerprint density at radius 1 is 0.931 bits per heavy atom. The van der Waals surface area contributed by atoms with Crippen LogP contribution >= 0.6 is 35.1 Å². The monoisotopic (exact) mass is 436 g/mol. The fourth-order valence-electron chi connectivity index (χ4n) is 2.64. The van der Waals surface area contributed by atoms with E-state index in [-0.39, 0.29) is 5.91 Å². The smallest absolute Gasteiger partial charge is 0.264 e. The van der Waals surface area contributed by atoms with Crippen LogP contribution in [0.3, 0.4) is 0 Å². The van der Waals surface area contributed by atoms with Gasteiger partial charge in [0.25, 0.3) is 5.91 Å². The first kappa shape index (κ1) is 19.8. The molecule has 1 heterocycles. The summed E-state index contributed by atoms with van der Waals surface area (Å²) in [5.41, 5.74) is 2.97. The van der Waals surface area contributed by atoms with Gasteiger partial charge in [0.15, 0.2) is 5.17 Å². The highest BCUT2D eigenvalue weighted by atomic mass is 35.5. The van der Waals surface area contributed by atoms with Gasteiger partial charge in [-0.3, -0.25) is 4.79 Å². The zero-order valence-corrected chi connectivity index (χ0v) is 17.9. The van der Waals surface area contributed by atoms with Crippen LogP contribution in [-0.2, 0) is 4.79 Å². The maximum Gasteiger partial charge on any atom is 0.264 e. The molecule has 0 atom stereocenters. The number of nitrogens with one attached hydrogen (secondary N) is 1. The SMILES string of the molecule is Cc1ccc(N=C2NC(=O)/C(=C/c3ccc(Sc4ccc(Cl)cc4)cc3)S2)cc1. The van der Waals surface area contributed by atoms with Crippen molar-refractivity contribution in [2.75, 3.05) is 0 Å². The molecule has 144 valence electrons. The molecule has 1 aliphatic rings. The Morgan fingerprint density at radius 3 is 2.21 bits per heavy atom. The quantitative estimate of drug-likeness (QED) is 0.463. The molecule has 0 unspecified atom stereocenters. The summed E-state index contributed by atoms with van der Waals surface area (Å²) >= 11 is 8.95. The van der Waals surface area contributed by atoms with E-state index in [2.05, 4.69) is 10.3 Å². The number of nitrogens with zero attached hydrogens (tertiary/aromatic N) is 1. The fourth-order valence-corrected chi connectivity index (χ4v) is 4.42. The van der Waals surface area contributed by atoms with Gasteiger partial charge >= 0.3 is 0 Å². The maximum absolute atomic E-state index is 12.3. The number of aliphatic imine (C=N–C) groups is 1. The van der Waals surface area contributed by atoms with Crippen molar-refractivity contribution in [2.24, 2.45) is 4.99 Å². The first-order chi connectivity index (χ1) is 14.0. The molecule has 0 bridgehead atoms. The molecule has 3 aromatic carbocycles. The molecule has 29 heavy (non-hydrogen) atoms. The van der Waals surface area contributed by atoms with Crippen molar-refractivity contribution in [1.82, 2.24) is 5.32 Å². The number of hydrogen-bond donors (Lipinski definition) is 1. The van der Waals surface area contributed by atoms with Gasteiger partial charge in [0, 0.05) is 14.8 Å². The standard InChI is InChI=1S/C23H17ClN2OS2/c1-15-2-8-18(9-3-15)25-23-26-22(27)21(29-23)14-16-4-10-19(11-5-16)28-20-12-6-17(24)7-13-20/h2-14H,1H3,(H,25,26,27)/b21-14-. The van der Waals surface area contributed by atoms with E-state index < -0.39 is 0 Å². The summed E-state index contributed by atoms with van der Waals surface area (Å²) in [6.45, 7) is 2.03. The first-order valence-corrected chi connectivity index (χ1v) is 11.0. The molecule has 4 rings (SSSR count). The topological polar surface area (TPSA) is 41.5 Å². The number of rotatable bonds is 4. The zero-order chi connectivity index (χ0) is 20.2. The van der Waals surface area contributed by atoms with Crippen molar-refractivity contribution in [3.8, 4) is 0 Å². The van der Waals surface area contributed by atoms with Gasteiger partial charge in [0.05, 0.1) is 10.6 Å². The summed E-state index contributed by atoms with van der Waals surface area (Å²) in [5.74, 6) is -0.125. The highest BCUT2D eigenvalue weighted by Gasteiger charge is 2.23. The molecule has 1 aliphatic heterocycles. The van der Waals surface area contributed by atoms with E-state index in [1.54, 1.807) is 11.8 Å². The number of amides is 1. The molecule has 0 saturated carbocycles. The number of amidine groups is 1. The van der Waals surface area contributed by atoms with Crippen LogP contribution in [0.25, 0.3) is 6.08 Å². The van der Waals surface area contributed by atoms with Gasteiger partial charge in [-0.2, -0.15) is 0 Å². The summed E-state index contributed by atoms with van der Waals surface area (Å²) in [5, 5.41) is 4.15. The van der Waals surface area contributed by atoms with Crippen molar-refractivity contribution in [3.05, 3.63) is 93.9 Å². The van der Waals surface area contributed by atoms with Crippen LogP contribution < -0.4 is 5.32 Å². The predicted molar refractivity (Wildman–Crippen MR) is 124 cm³/mol. The number of aryl methyl sites for hydroxylation is 1. The van der Waals surface area contributed by atoms with E-state index in [1.807, 2.05) is 85.8 Å². The average molecular weight is 437 g/mol. The molecule has 0 radical (unpaired) electrons. The average Bonchev–Trinajstić information content (AvgIpc) is 3.06. The minimum atomic E-state index is -0.125. The van der Waals surface area contributed by atoms with Gasteiger partial charge in [-0.1, -0.05) is 53.2 Å². The van der Waals surface area contributed by atoms with Crippen LogP contribution in [0.4, 0.5) is 5.69 Å². The largest absolute Gasteiger partial charge is 0.300 e. The van der Waals surface area contributed by atoms with Gasteiger partial charge in [-0.05, 0) is 78.9 Å². The van der Waals surface area contributed by atoms with Crippen LogP contribution in [0.15, 0.2) is 92.5 Å². The second-order valence-corrected chi connectivity index (χ2v) is 9.06. The van der Waals surface area contributed by atoms with Crippen LogP contribution in [0.5, 0.6) is 0 Å². The van der Waals surface area contributed by atoms with Gasteiger partial charge < -0.3 is 5.32 Å². The molecule has 1 N–H and O–H groups in total. The molecular weight excluding hydrogens is 420 g/mol. The number of carbonyl (C=O) groups is 1. The van der Waals surface area contributed by atoms with E-state index in [0.29, 0.717) is 10.1 Å². The molecule has 1 amide bonds. The number of thioether (sulfide) groups is 1. The van der Waals surface area contributed by atoms with Gasteiger partial charge in [0.2, 0.25) is 0 Å². The third kappa shape index (κ3) is 5.32. The van der Waals surface area contributed by atoms with Crippen molar-refractivity contribution >= 4 is 58.0 Å². The van der Waals surface area contributed by atoms with Crippen LogP contribution in [0.1, 0.15) is 11.1 Å². The summed E-state index contributed by atoms with van der Waals surface area (Å²) < 4.78 is 0. The number of benzene rings is 3. The highest BCUT2D eigenvalue weighted by Crippen LogP contribution is 2.31. The van der Waals surface area contributed by atoms with Crippen molar-refractivity contribution < 1.29 is 4.79 Å². The number of hydrogen-bond acceptors (Lipinski definition) is 4. The van der Waals surface area contributed by atoms with E-state index in [0.717, 1.165) is 26.1 Å². The Bertz CT molecular complexity index is 1090. The normalized spacial score (nSPS) is 16.4. The lowest BCUT2D eigenvalue weighted by Crippen LogP contribution is -2.19. The zero-order valence-electron chi connectivity index (χ0n) is 15.6. The molecule has 0 aromatic heterocycles. The molecular formula is C23H17ClN2OS2. The summed E-state index contributed by atoms with van der Waals surface area (Å²) in [6, 6.07) is 23.7. The summed E-state index contributed by atoms with van der Waals surface area (Å²) in [6.07, 6.45) is 1.88. The third-order valence-corrected chi connectivity index (χ3v) is 6.32. The maximum atomic E-state index is 12.3. The summed E-state index contributed by atoms with van der Waals surface area (Å²) in [7, 11) is 0. The Balaban J connectivity index is 1.45. The van der Waals surface area contributed by atoms with E-state index >= 15 is 0 Å². The molecule has 1 fully saturated rings. The lowest BCUT2D eigenvalue weighted by Gasteiger charge is -2.03. The van der Waals surface area contributed by atoms with E-state index in [1.165, 1.54) is 17.3 Å². The molecule has 1 saturated heterocycles. The number of carbonyl (C=O) groups excluding carboxylic acids is 1. The molecule has 0 aliphatic carbocycles. The second-order valence-electron chi connectivity index (χ2n) is 6.44. The Labute approximate surface area is 183 Å². The minimum Gasteiger partial charge on any atom is -0.300 e. The van der Waals surface area contributed by atoms with Gasteiger partial charge in [0.1, 0.15) is 0 Å². The van der Waals surface area contributed by atoms with Gasteiger partial charge in [-0.15, -0.1) is 0 Å². The van der Waals surface area contributed by atoms with Crippen LogP contribution in [0.2, 0.25) is 5.02 Å². The molecule has 3 nitrogen and oxygen atoms in total. The lowest BCUT2D eigenvalue weighted by atomic mass is 10.2. The lowest BCUT2D eigenvalue weighted by molar-refractivity contribution is -0.115. The van der Waals surface area contributed by atoms with Crippen molar-refractivity contribution in [2.45, 2.75) is 16.7 Å². The molecule has 6 heteroatoms. The Hall–Kier alpha value is -2.47. The molecule has 3 aromatic rings. The highest BCUT2D eigenvalue weighted by molar-refractivity contribution is 8.18. The van der Waals surface area contributed by atoms with Gasteiger partial charge in [-0.25, -0.2) is 4.99 Å². The van der Waals surface area contributed by atoms with E-state index in [4.69, 9.17) is 11.6 Å². The minimum absolute atomic E-state index is 0.125. The predicted octanol–water partition coefficient (Wildman–Crippen LogP) is 6.69. The van der Waals surface area contributed by atoms with Crippen molar-refractivity contribution in [1.29, 1.82) is 0 Å². The summed E-state index contributed by atoms with van der Waals surface area (Å²) in [4.78, 5) is 19.7.